The summed E-state index contributed by atoms with van der Waals surface area (Å²) in [7, 11) is 0. The fourth-order valence-corrected chi connectivity index (χ4v) is 1.16. The van der Waals surface area contributed by atoms with Gasteiger partial charge in [-0.2, -0.15) is 0 Å². The maximum absolute atomic E-state index is 10.7. The van der Waals surface area contributed by atoms with Crippen molar-refractivity contribution in [1.82, 2.24) is 0 Å². The molecule has 0 fully saturated rings. The van der Waals surface area contributed by atoms with E-state index in [2.05, 4.69) is 0 Å². The summed E-state index contributed by atoms with van der Waals surface area (Å²) >= 11 is 0. The Morgan fingerprint density at radius 2 is 1.76 bits per heavy atom. The Labute approximate surface area is 99.8 Å². The topological polar surface area (TPSA) is 52.6 Å². The lowest BCUT2D eigenvalue weighted by Gasteiger charge is -2.00. The predicted octanol–water partition coefficient (Wildman–Crippen LogP) is 2.19. The molecule has 1 rings (SSSR count). The van der Waals surface area contributed by atoms with Gasteiger partial charge in [0.2, 0.25) is 0 Å². The molecule has 0 aliphatic heterocycles. The smallest absolute Gasteiger partial charge is 0.308 e. The summed E-state index contributed by atoms with van der Waals surface area (Å²) in [6, 6.07) is 7.02. The predicted molar refractivity (Wildman–Crippen MR) is 63.4 cm³/mol. The zero-order valence-corrected chi connectivity index (χ0v) is 9.80. The van der Waals surface area contributed by atoms with E-state index in [0.29, 0.717) is 5.75 Å². The normalized spacial score (nSPS) is 10.2. The number of hydrogen-bond donors (Lipinski definition) is 0. The second kappa shape index (κ2) is 6.48. The number of benzene rings is 1. The van der Waals surface area contributed by atoms with Crippen LogP contribution >= 0.6 is 0 Å². The van der Waals surface area contributed by atoms with Gasteiger partial charge in [0.1, 0.15) is 12.4 Å². The average Bonchev–Trinajstić information content (AvgIpc) is 2.25. The Kier molecular flexibility index (Phi) is 4.94. The Morgan fingerprint density at radius 3 is 2.29 bits per heavy atom. The van der Waals surface area contributed by atoms with Gasteiger partial charge in [0.25, 0.3) is 0 Å². The number of esters is 2. The van der Waals surface area contributed by atoms with Crippen LogP contribution in [-0.4, -0.2) is 18.5 Å². The third kappa shape index (κ3) is 5.51. The first-order valence-corrected chi connectivity index (χ1v) is 5.16. The van der Waals surface area contributed by atoms with E-state index in [1.54, 1.807) is 18.2 Å². The third-order valence-electron chi connectivity index (χ3n) is 1.83. The standard InChI is InChI=1S/C13H14O4/c1-10(14)16-9-3-4-12-5-7-13(8-6-12)17-11(2)15/h3-8H,9H2,1-2H3/b4-3-. The highest BCUT2D eigenvalue weighted by atomic mass is 16.5. The van der Waals surface area contributed by atoms with Gasteiger partial charge in [-0.05, 0) is 23.8 Å². The summed E-state index contributed by atoms with van der Waals surface area (Å²) in [6.45, 7) is 2.97. The number of hydrogen-bond acceptors (Lipinski definition) is 4. The molecule has 0 saturated heterocycles. The molecule has 0 bridgehead atoms. The summed E-state index contributed by atoms with van der Waals surface area (Å²) in [5.41, 5.74) is 0.938. The van der Waals surface area contributed by atoms with Crippen LogP contribution in [0.1, 0.15) is 19.4 Å². The summed E-state index contributed by atoms with van der Waals surface area (Å²) in [5, 5.41) is 0. The minimum atomic E-state index is -0.344. The van der Waals surface area contributed by atoms with E-state index in [4.69, 9.17) is 9.47 Å². The lowest BCUT2D eigenvalue weighted by Crippen LogP contribution is -2.00. The Balaban J connectivity index is 2.50. The Morgan fingerprint density at radius 1 is 1.12 bits per heavy atom. The molecule has 0 aliphatic rings. The van der Waals surface area contributed by atoms with E-state index >= 15 is 0 Å². The Hall–Kier alpha value is -2.10. The van der Waals surface area contributed by atoms with E-state index in [9.17, 15) is 9.59 Å². The minimum absolute atomic E-state index is 0.251. The molecule has 4 heteroatoms. The van der Waals surface area contributed by atoms with Gasteiger partial charge in [-0.25, -0.2) is 0 Å². The first kappa shape index (κ1) is 13.0. The summed E-state index contributed by atoms with van der Waals surface area (Å²) in [4.78, 5) is 21.2. The monoisotopic (exact) mass is 234 g/mol. The molecule has 17 heavy (non-hydrogen) atoms. The molecule has 1 aromatic carbocycles. The fraction of sp³-hybridized carbons (Fsp3) is 0.231. The van der Waals surface area contributed by atoms with Crippen molar-refractivity contribution in [2.45, 2.75) is 13.8 Å². The van der Waals surface area contributed by atoms with Gasteiger partial charge >= 0.3 is 11.9 Å². The SMILES string of the molecule is CC(=O)OC/C=C\c1ccc(OC(C)=O)cc1. The molecule has 0 unspecified atom stereocenters. The van der Waals surface area contributed by atoms with E-state index < -0.39 is 0 Å². The quantitative estimate of drug-likeness (QED) is 0.592. The lowest BCUT2D eigenvalue weighted by atomic mass is 10.2. The Bertz CT molecular complexity index is 418. The van der Waals surface area contributed by atoms with Crippen LogP contribution in [0.25, 0.3) is 6.08 Å². The molecule has 0 heterocycles. The maximum Gasteiger partial charge on any atom is 0.308 e. The molecule has 90 valence electrons. The van der Waals surface area contributed by atoms with E-state index in [1.807, 2.05) is 18.2 Å². The average molecular weight is 234 g/mol. The maximum atomic E-state index is 10.7. The van der Waals surface area contributed by atoms with E-state index in [-0.39, 0.29) is 18.5 Å². The van der Waals surface area contributed by atoms with Crippen LogP contribution in [0.15, 0.2) is 30.3 Å². The van der Waals surface area contributed by atoms with Crippen molar-refractivity contribution in [1.29, 1.82) is 0 Å². The van der Waals surface area contributed by atoms with Crippen LogP contribution in [0, 0.1) is 0 Å². The molecule has 1 aromatic rings. The molecule has 0 spiro atoms. The highest BCUT2D eigenvalue weighted by molar-refractivity contribution is 5.69. The van der Waals surface area contributed by atoms with Crippen molar-refractivity contribution in [2.75, 3.05) is 6.61 Å². The van der Waals surface area contributed by atoms with E-state index in [1.165, 1.54) is 13.8 Å². The van der Waals surface area contributed by atoms with Crippen molar-refractivity contribution in [3.05, 3.63) is 35.9 Å². The van der Waals surface area contributed by atoms with E-state index in [0.717, 1.165) is 5.56 Å². The molecule has 0 radical (unpaired) electrons. The molecule has 0 amide bonds. The second-order valence-corrected chi connectivity index (χ2v) is 3.37. The van der Waals surface area contributed by atoms with Gasteiger partial charge in [0.15, 0.2) is 0 Å². The highest BCUT2D eigenvalue weighted by Crippen LogP contribution is 2.13. The van der Waals surface area contributed by atoms with Gasteiger partial charge in [-0.3, -0.25) is 9.59 Å². The van der Waals surface area contributed by atoms with Gasteiger partial charge in [-0.1, -0.05) is 18.2 Å². The third-order valence-corrected chi connectivity index (χ3v) is 1.83. The summed E-state index contributed by atoms with van der Waals surface area (Å²) < 4.78 is 9.64. The number of carbonyl (C=O) groups excluding carboxylic acids is 2. The van der Waals surface area contributed by atoms with Crippen LogP contribution in [-0.2, 0) is 14.3 Å². The van der Waals surface area contributed by atoms with Gasteiger partial charge in [-0.15, -0.1) is 0 Å². The largest absolute Gasteiger partial charge is 0.462 e. The molecular weight excluding hydrogens is 220 g/mol. The van der Waals surface area contributed by atoms with Crippen molar-refractivity contribution in [3.63, 3.8) is 0 Å². The van der Waals surface area contributed by atoms with Crippen LogP contribution in [0.3, 0.4) is 0 Å². The lowest BCUT2D eigenvalue weighted by molar-refractivity contribution is -0.139. The van der Waals surface area contributed by atoms with Crippen molar-refractivity contribution in [3.8, 4) is 5.75 Å². The van der Waals surface area contributed by atoms with Crippen LogP contribution in [0.4, 0.5) is 0 Å². The molecule has 4 nitrogen and oxygen atoms in total. The summed E-state index contributed by atoms with van der Waals surface area (Å²) in [6.07, 6.45) is 3.56. The molecule has 0 aromatic heterocycles. The molecule has 0 aliphatic carbocycles. The molecule has 0 atom stereocenters. The highest BCUT2D eigenvalue weighted by Gasteiger charge is 1.96. The number of rotatable bonds is 4. The van der Waals surface area contributed by atoms with Crippen molar-refractivity contribution in [2.24, 2.45) is 0 Å². The molecule has 0 N–H and O–H groups in total. The zero-order chi connectivity index (χ0) is 12.7. The number of ether oxygens (including phenoxy) is 2. The van der Waals surface area contributed by atoms with Gasteiger partial charge in [0, 0.05) is 13.8 Å². The van der Waals surface area contributed by atoms with Crippen molar-refractivity contribution < 1.29 is 19.1 Å². The summed E-state index contributed by atoms with van der Waals surface area (Å²) in [5.74, 6) is -0.141. The van der Waals surface area contributed by atoms with Crippen LogP contribution in [0.5, 0.6) is 5.75 Å². The minimum Gasteiger partial charge on any atom is -0.462 e. The van der Waals surface area contributed by atoms with Crippen molar-refractivity contribution >= 4 is 18.0 Å². The van der Waals surface area contributed by atoms with Crippen LogP contribution < -0.4 is 4.74 Å². The number of carbonyl (C=O) groups is 2. The fourth-order valence-electron chi connectivity index (χ4n) is 1.16. The van der Waals surface area contributed by atoms with Crippen LogP contribution in [0.2, 0.25) is 0 Å². The molecule has 0 saturated carbocycles. The zero-order valence-electron chi connectivity index (χ0n) is 9.80. The second-order valence-electron chi connectivity index (χ2n) is 3.37. The first-order chi connectivity index (χ1) is 8.08. The van der Waals surface area contributed by atoms with Gasteiger partial charge < -0.3 is 9.47 Å². The van der Waals surface area contributed by atoms with Gasteiger partial charge in [0.05, 0.1) is 0 Å². The first-order valence-electron chi connectivity index (χ1n) is 5.16. The molecular formula is C13H14O4.